The van der Waals surface area contributed by atoms with Crippen LogP contribution in [0.4, 0.5) is 17.3 Å². The van der Waals surface area contributed by atoms with E-state index in [-0.39, 0.29) is 0 Å². The molecule has 2 aromatic rings. The molecule has 0 amide bonds. The first-order valence-electron chi connectivity index (χ1n) is 4.46. The Hall–Kier alpha value is -1.33. The Morgan fingerprint density at radius 1 is 1.19 bits per heavy atom. The van der Waals surface area contributed by atoms with Gasteiger partial charge in [-0.25, -0.2) is 0 Å². The molecule has 0 saturated carbocycles. The van der Waals surface area contributed by atoms with Crippen molar-refractivity contribution in [3.63, 3.8) is 0 Å². The van der Waals surface area contributed by atoms with E-state index in [2.05, 4.69) is 31.4 Å². The van der Waals surface area contributed by atoms with Gasteiger partial charge in [0, 0.05) is 4.47 Å². The van der Waals surface area contributed by atoms with Gasteiger partial charge in [0.1, 0.15) is 5.82 Å². The van der Waals surface area contributed by atoms with Crippen LogP contribution in [-0.4, -0.2) is 10.2 Å². The third-order valence-electron chi connectivity index (χ3n) is 1.88. The van der Waals surface area contributed by atoms with Gasteiger partial charge in [-0.3, -0.25) is 0 Å². The van der Waals surface area contributed by atoms with Crippen LogP contribution in [0.5, 0.6) is 0 Å². The summed E-state index contributed by atoms with van der Waals surface area (Å²) in [6.45, 7) is 0. The highest BCUT2D eigenvalue weighted by molar-refractivity contribution is 9.10. The SMILES string of the molecule is Nc1ccc(Nc2cc(Br)ccc2Cl)nn1. The van der Waals surface area contributed by atoms with Gasteiger partial charge in [0.2, 0.25) is 0 Å². The summed E-state index contributed by atoms with van der Waals surface area (Å²) in [5, 5.41) is 11.3. The topological polar surface area (TPSA) is 63.8 Å². The smallest absolute Gasteiger partial charge is 0.153 e. The molecule has 0 unspecified atom stereocenters. The zero-order valence-corrected chi connectivity index (χ0v) is 10.5. The average molecular weight is 300 g/mol. The first-order valence-corrected chi connectivity index (χ1v) is 5.63. The summed E-state index contributed by atoms with van der Waals surface area (Å²) in [6.07, 6.45) is 0. The highest BCUT2D eigenvalue weighted by atomic mass is 79.9. The second-order valence-electron chi connectivity index (χ2n) is 3.09. The summed E-state index contributed by atoms with van der Waals surface area (Å²) in [5.41, 5.74) is 6.20. The molecule has 0 aliphatic heterocycles. The molecule has 82 valence electrons. The molecule has 0 fully saturated rings. The number of aromatic nitrogens is 2. The molecule has 0 aliphatic carbocycles. The Labute approximate surface area is 106 Å². The fourth-order valence-electron chi connectivity index (χ4n) is 1.14. The maximum Gasteiger partial charge on any atom is 0.153 e. The number of nitrogen functional groups attached to an aromatic ring is 1. The third-order valence-corrected chi connectivity index (χ3v) is 2.70. The summed E-state index contributed by atoms with van der Waals surface area (Å²) in [4.78, 5) is 0. The fraction of sp³-hybridized carbons (Fsp3) is 0. The van der Waals surface area contributed by atoms with E-state index in [1.165, 1.54) is 0 Å². The molecule has 2 rings (SSSR count). The first-order chi connectivity index (χ1) is 7.65. The lowest BCUT2D eigenvalue weighted by Crippen LogP contribution is -1.98. The molecular weight excluding hydrogens is 291 g/mol. The lowest BCUT2D eigenvalue weighted by molar-refractivity contribution is 1.05. The number of rotatable bonds is 2. The van der Waals surface area contributed by atoms with Crippen molar-refractivity contribution in [2.24, 2.45) is 0 Å². The Kier molecular flexibility index (Phi) is 3.26. The van der Waals surface area contributed by atoms with Crippen molar-refractivity contribution < 1.29 is 0 Å². The Balaban J connectivity index is 2.26. The van der Waals surface area contributed by atoms with Crippen LogP contribution < -0.4 is 11.1 Å². The monoisotopic (exact) mass is 298 g/mol. The number of hydrogen-bond donors (Lipinski definition) is 2. The van der Waals surface area contributed by atoms with Crippen molar-refractivity contribution in [3.8, 4) is 0 Å². The van der Waals surface area contributed by atoms with Crippen molar-refractivity contribution in [2.45, 2.75) is 0 Å². The Bertz CT molecular complexity index is 501. The number of benzene rings is 1. The molecule has 3 N–H and O–H groups in total. The zero-order valence-electron chi connectivity index (χ0n) is 8.11. The van der Waals surface area contributed by atoms with Crippen LogP contribution in [0.15, 0.2) is 34.8 Å². The van der Waals surface area contributed by atoms with Gasteiger partial charge in [-0.1, -0.05) is 27.5 Å². The molecule has 16 heavy (non-hydrogen) atoms. The maximum absolute atomic E-state index is 6.02. The van der Waals surface area contributed by atoms with E-state index in [0.29, 0.717) is 16.7 Å². The van der Waals surface area contributed by atoms with Gasteiger partial charge >= 0.3 is 0 Å². The fourth-order valence-corrected chi connectivity index (χ4v) is 1.67. The minimum Gasteiger partial charge on any atom is -0.382 e. The van der Waals surface area contributed by atoms with E-state index in [0.717, 1.165) is 10.2 Å². The Morgan fingerprint density at radius 3 is 2.69 bits per heavy atom. The van der Waals surface area contributed by atoms with Crippen LogP contribution in [-0.2, 0) is 0 Å². The van der Waals surface area contributed by atoms with Crippen molar-refractivity contribution in [1.29, 1.82) is 0 Å². The van der Waals surface area contributed by atoms with Crippen LogP contribution in [0.2, 0.25) is 5.02 Å². The van der Waals surface area contributed by atoms with E-state index >= 15 is 0 Å². The first kappa shape index (κ1) is 11.2. The van der Waals surface area contributed by atoms with Crippen LogP contribution in [0.1, 0.15) is 0 Å². The van der Waals surface area contributed by atoms with E-state index in [9.17, 15) is 0 Å². The van der Waals surface area contributed by atoms with Gasteiger partial charge in [-0.2, -0.15) is 0 Å². The molecule has 4 nitrogen and oxygen atoms in total. The van der Waals surface area contributed by atoms with Gasteiger partial charge in [-0.05, 0) is 30.3 Å². The lowest BCUT2D eigenvalue weighted by atomic mass is 10.3. The second-order valence-corrected chi connectivity index (χ2v) is 4.42. The number of nitrogens with one attached hydrogen (secondary N) is 1. The number of halogens is 2. The predicted octanol–water partition coefficient (Wildman–Crippen LogP) is 3.22. The van der Waals surface area contributed by atoms with E-state index in [4.69, 9.17) is 17.3 Å². The van der Waals surface area contributed by atoms with Crippen LogP contribution in [0, 0.1) is 0 Å². The Morgan fingerprint density at radius 2 is 2.00 bits per heavy atom. The van der Waals surface area contributed by atoms with Gasteiger partial charge in [0.05, 0.1) is 10.7 Å². The summed E-state index contributed by atoms with van der Waals surface area (Å²) in [7, 11) is 0. The van der Waals surface area contributed by atoms with E-state index in [1.807, 2.05) is 12.1 Å². The summed E-state index contributed by atoms with van der Waals surface area (Å²) >= 11 is 9.39. The van der Waals surface area contributed by atoms with Crippen molar-refractivity contribution in [2.75, 3.05) is 11.1 Å². The number of nitrogens with zero attached hydrogens (tertiary/aromatic N) is 2. The highest BCUT2D eigenvalue weighted by Crippen LogP contribution is 2.27. The highest BCUT2D eigenvalue weighted by Gasteiger charge is 2.02. The van der Waals surface area contributed by atoms with Gasteiger partial charge < -0.3 is 11.1 Å². The summed E-state index contributed by atoms with van der Waals surface area (Å²) < 4.78 is 0.933. The van der Waals surface area contributed by atoms with Crippen molar-refractivity contribution in [1.82, 2.24) is 10.2 Å². The summed E-state index contributed by atoms with van der Waals surface area (Å²) in [6, 6.07) is 8.92. The molecule has 1 aromatic heterocycles. The minimum absolute atomic E-state index is 0.380. The molecule has 6 heteroatoms. The number of nitrogens with two attached hydrogens (primary N) is 1. The van der Waals surface area contributed by atoms with Gasteiger partial charge in [-0.15, -0.1) is 10.2 Å². The third kappa shape index (κ3) is 2.62. The second kappa shape index (κ2) is 4.67. The largest absolute Gasteiger partial charge is 0.382 e. The number of hydrogen-bond acceptors (Lipinski definition) is 4. The summed E-state index contributed by atoms with van der Waals surface area (Å²) in [5.74, 6) is 0.972. The van der Waals surface area contributed by atoms with Crippen LogP contribution in [0.3, 0.4) is 0 Å². The quantitative estimate of drug-likeness (QED) is 0.893. The van der Waals surface area contributed by atoms with Crippen LogP contribution in [0.25, 0.3) is 0 Å². The normalized spacial score (nSPS) is 10.1. The molecule has 1 heterocycles. The van der Waals surface area contributed by atoms with Crippen molar-refractivity contribution in [3.05, 3.63) is 39.8 Å². The van der Waals surface area contributed by atoms with Crippen LogP contribution >= 0.6 is 27.5 Å². The molecule has 0 aliphatic rings. The molecule has 0 spiro atoms. The zero-order chi connectivity index (χ0) is 11.5. The standard InChI is InChI=1S/C10H8BrClN4/c11-6-1-2-7(12)8(5-6)14-10-4-3-9(13)15-16-10/h1-5H,(H2,13,15)(H,14,16). The molecule has 1 aromatic carbocycles. The molecule has 0 radical (unpaired) electrons. The number of anilines is 3. The molecule has 0 atom stereocenters. The predicted molar refractivity (Wildman–Crippen MR) is 68.9 cm³/mol. The van der Waals surface area contributed by atoms with Crippen molar-refractivity contribution >= 4 is 44.9 Å². The molecule has 0 bridgehead atoms. The maximum atomic E-state index is 6.02. The van der Waals surface area contributed by atoms with Gasteiger partial charge in [0.15, 0.2) is 5.82 Å². The van der Waals surface area contributed by atoms with E-state index in [1.54, 1.807) is 18.2 Å². The molecule has 0 saturated heterocycles. The molecular formula is C10H8BrClN4. The van der Waals surface area contributed by atoms with E-state index < -0.39 is 0 Å². The van der Waals surface area contributed by atoms with Gasteiger partial charge in [0.25, 0.3) is 0 Å². The minimum atomic E-state index is 0.380. The average Bonchev–Trinajstić information content (AvgIpc) is 2.27. The lowest BCUT2D eigenvalue weighted by Gasteiger charge is -2.07.